The summed E-state index contributed by atoms with van der Waals surface area (Å²) in [5.41, 5.74) is -0.120. The Labute approximate surface area is 113 Å². The van der Waals surface area contributed by atoms with Crippen LogP contribution in [0.1, 0.15) is 23.2 Å². The van der Waals surface area contributed by atoms with Crippen molar-refractivity contribution in [3.05, 3.63) is 29.8 Å². The van der Waals surface area contributed by atoms with Gasteiger partial charge in [0, 0.05) is 12.8 Å². The Bertz CT molecular complexity index is 665. The van der Waals surface area contributed by atoms with Crippen LogP contribution in [0.25, 0.3) is 0 Å². The highest BCUT2D eigenvalue weighted by Crippen LogP contribution is 2.16. The summed E-state index contributed by atoms with van der Waals surface area (Å²) in [4.78, 5) is 38.1. The number of benzene rings is 1. The molecular formula is C11H8FNO6S. The molecule has 2 amide bonds. The summed E-state index contributed by atoms with van der Waals surface area (Å²) in [6.07, 6.45) is -0.0731. The van der Waals surface area contributed by atoms with E-state index in [1.165, 1.54) is 0 Å². The summed E-state index contributed by atoms with van der Waals surface area (Å²) in [6, 6.07) is 3.78. The third-order valence-corrected chi connectivity index (χ3v) is 3.39. The van der Waals surface area contributed by atoms with Gasteiger partial charge in [-0.05, 0) is 24.3 Å². The molecule has 9 heteroatoms. The summed E-state index contributed by atoms with van der Waals surface area (Å²) in [5.74, 6) is -2.28. The van der Waals surface area contributed by atoms with E-state index in [0.29, 0.717) is 5.06 Å². The summed E-state index contributed by atoms with van der Waals surface area (Å²) >= 11 is 0. The number of carbonyl (C=O) groups is 3. The second-order valence-corrected chi connectivity index (χ2v) is 5.27. The maximum atomic E-state index is 12.6. The van der Waals surface area contributed by atoms with Crippen LogP contribution >= 0.6 is 0 Å². The minimum atomic E-state index is -4.86. The third-order valence-electron chi connectivity index (χ3n) is 2.55. The molecule has 1 aliphatic heterocycles. The summed E-state index contributed by atoms with van der Waals surface area (Å²) < 4.78 is 33.8. The van der Waals surface area contributed by atoms with Gasteiger partial charge in [-0.3, -0.25) is 9.59 Å². The van der Waals surface area contributed by atoms with E-state index in [1.807, 2.05) is 0 Å². The lowest BCUT2D eigenvalue weighted by molar-refractivity contribution is -0.172. The molecule has 0 saturated carbocycles. The van der Waals surface area contributed by atoms with Crippen molar-refractivity contribution in [2.45, 2.75) is 17.7 Å². The Morgan fingerprint density at radius 1 is 1.10 bits per heavy atom. The van der Waals surface area contributed by atoms with Crippen LogP contribution in [0.5, 0.6) is 0 Å². The predicted molar refractivity (Wildman–Crippen MR) is 61.2 cm³/mol. The molecular weight excluding hydrogens is 293 g/mol. The zero-order valence-corrected chi connectivity index (χ0v) is 10.7. The second kappa shape index (κ2) is 5.00. The molecule has 1 fully saturated rings. The molecule has 0 spiro atoms. The van der Waals surface area contributed by atoms with Crippen LogP contribution in [0.2, 0.25) is 0 Å². The zero-order chi connectivity index (χ0) is 14.9. The monoisotopic (exact) mass is 301 g/mol. The van der Waals surface area contributed by atoms with Crippen LogP contribution < -0.4 is 0 Å². The standard InChI is InChI=1S/C11H8FNO6S/c12-20(17,18)8-3-1-7(2-4-8)11(16)19-13-9(14)5-6-10(13)15/h1-4H,5-6H2. The fourth-order valence-electron chi connectivity index (χ4n) is 1.55. The minimum Gasteiger partial charge on any atom is -0.325 e. The van der Waals surface area contributed by atoms with Crippen molar-refractivity contribution in [1.29, 1.82) is 0 Å². The maximum absolute atomic E-state index is 12.6. The number of amides is 2. The van der Waals surface area contributed by atoms with Crippen LogP contribution in [0.4, 0.5) is 3.89 Å². The van der Waals surface area contributed by atoms with Crippen LogP contribution in [-0.4, -0.2) is 31.3 Å². The Morgan fingerprint density at radius 3 is 2.05 bits per heavy atom. The van der Waals surface area contributed by atoms with Gasteiger partial charge in [0.25, 0.3) is 11.8 Å². The first-order chi connectivity index (χ1) is 9.29. The molecule has 20 heavy (non-hydrogen) atoms. The topological polar surface area (TPSA) is 97.8 Å². The molecule has 0 aliphatic carbocycles. The van der Waals surface area contributed by atoms with Crippen molar-refractivity contribution >= 4 is 28.0 Å². The van der Waals surface area contributed by atoms with Crippen LogP contribution in [0.3, 0.4) is 0 Å². The molecule has 106 valence electrons. The molecule has 7 nitrogen and oxygen atoms in total. The normalized spacial score (nSPS) is 15.6. The molecule has 0 unspecified atom stereocenters. The molecule has 1 heterocycles. The van der Waals surface area contributed by atoms with Gasteiger partial charge in [-0.2, -0.15) is 8.42 Å². The summed E-state index contributed by atoms with van der Waals surface area (Å²) in [5, 5.41) is 0.363. The molecule has 0 bridgehead atoms. The molecule has 0 radical (unpaired) electrons. The highest BCUT2D eigenvalue weighted by molar-refractivity contribution is 7.86. The van der Waals surface area contributed by atoms with E-state index < -0.39 is 32.9 Å². The van der Waals surface area contributed by atoms with E-state index in [-0.39, 0.29) is 18.4 Å². The van der Waals surface area contributed by atoms with Crippen molar-refractivity contribution < 1.29 is 31.5 Å². The van der Waals surface area contributed by atoms with Crippen molar-refractivity contribution in [3.8, 4) is 0 Å². The Hall–Kier alpha value is -2.29. The fourth-order valence-corrected chi connectivity index (χ4v) is 2.01. The maximum Gasteiger partial charge on any atom is 0.363 e. The van der Waals surface area contributed by atoms with Crippen LogP contribution in [0, 0.1) is 0 Å². The van der Waals surface area contributed by atoms with Gasteiger partial charge in [0.2, 0.25) is 0 Å². The van der Waals surface area contributed by atoms with Gasteiger partial charge in [0.05, 0.1) is 10.5 Å². The van der Waals surface area contributed by atoms with Crippen molar-refractivity contribution in [1.82, 2.24) is 5.06 Å². The lowest BCUT2D eigenvalue weighted by atomic mass is 10.2. The fraction of sp³-hybridized carbons (Fsp3) is 0.182. The number of hydrogen-bond acceptors (Lipinski definition) is 6. The van der Waals surface area contributed by atoms with Gasteiger partial charge in [0.15, 0.2) is 0 Å². The van der Waals surface area contributed by atoms with Gasteiger partial charge in [0.1, 0.15) is 0 Å². The lowest BCUT2D eigenvalue weighted by Crippen LogP contribution is -2.32. The minimum absolute atomic E-state index is 0.0366. The summed E-state index contributed by atoms with van der Waals surface area (Å²) in [7, 11) is -4.86. The van der Waals surface area contributed by atoms with Gasteiger partial charge < -0.3 is 4.84 Å². The first-order valence-corrected chi connectivity index (χ1v) is 6.80. The van der Waals surface area contributed by atoms with E-state index in [1.54, 1.807) is 0 Å². The van der Waals surface area contributed by atoms with E-state index in [4.69, 9.17) is 0 Å². The molecule has 1 aromatic rings. The number of hydroxylamine groups is 2. The largest absolute Gasteiger partial charge is 0.363 e. The number of hydrogen-bond donors (Lipinski definition) is 0. The number of halogens is 1. The SMILES string of the molecule is O=C(ON1C(=O)CCC1=O)c1ccc(S(=O)(=O)F)cc1. The Balaban J connectivity index is 2.14. The van der Waals surface area contributed by atoms with Gasteiger partial charge in [-0.25, -0.2) is 4.79 Å². The number of imide groups is 1. The third kappa shape index (κ3) is 2.82. The van der Waals surface area contributed by atoms with Crippen molar-refractivity contribution in [3.63, 3.8) is 0 Å². The molecule has 0 atom stereocenters. The number of nitrogens with zero attached hydrogens (tertiary/aromatic N) is 1. The van der Waals surface area contributed by atoms with E-state index >= 15 is 0 Å². The molecule has 1 aliphatic rings. The molecule has 0 N–H and O–H groups in total. The highest BCUT2D eigenvalue weighted by Gasteiger charge is 2.33. The van der Waals surface area contributed by atoms with Gasteiger partial charge >= 0.3 is 16.2 Å². The smallest absolute Gasteiger partial charge is 0.325 e. The number of rotatable bonds is 3. The number of carbonyl (C=O) groups excluding carboxylic acids is 3. The van der Waals surface area contributed by atoms with Crippen LogP contribution in [0.15, 0.2) is 29.2 Å². The average Bonchev–Trinajstić information content (AvgIpc) is 2.69. The Morgan fingerprint density at radius 2 is 1.60 bits per heavy atom. The van der Waals surface area contributed by atoms with Crippen molar-refractivity contribution in [2.24, 2.45) is 0 Å². The van der Waals surface area contributed by atoms with E-state index in [2.05, 4.69) is 4.84 Å². The van der Waals surface area contributed by atoms with E-state index in [0.717, 1.165) is 24.3 Å². The quantitative estimate of drug-likeness (QED) is 0.598. The molecule has 2 rings (SSSR count). The van der Waals surface area contributed by atoms with Crippen LogP contribution in [-0.2, 0) is 24.6 Å². The Kier molecular flexibility index (Phi) is 3.53. The zero-order valence-electron chi connectivity index (χ0n) is 9.91. The average molecular weight is 301 g/mol. The predicted octanol–water partition coefficient (Wildman–Crippen LogP) is 0.566. The van der Waals surface area contributed by atoms with Gasteiger partial charge in [-0.15, -0.1) is 8.95 Å². The highest BCUT2D eigenvalue weighted by atomic mass is 32.3. The summed E-state index contributed by atoms with van der Waals surface area (Å²) in [6.45, 7) is 0. The second-order valence-electron chi connectivity index (χ2n) is 3.92. The van der Waals surface area contributed by atoms with Gasteiger partial charge in [-0.1, -0.05) is 0 Å². The molecule has 1 saturated heterocycles. The lowest BCUT2D eigenvalue weighted by Gasteiger charge is -2.12. The first-order valence-electron chi connectivity index (χ1n) is 5.42. The first kappa shape index (κ1) is 14.1. The molecule has 1 aromatic carbocycles. The molecule has 0 aromatic heterocycles. The van der Waals surface area contributed by atoms with Crippen molar-refractivity contribution in [2.75, 3.05) is 0 Å². The van der Waals surface area contributed by atoms with E-state index in [9.17, 15) is 26.7 Å².